The van der Waals surface area contributed by atoms with Crippen molar-refractivity contribution in [3.8, 4) is 0 Å². The molecule has 0 radical (unpaired) electrons. The third kappa shape index (κ3) is 3.21. The first kappa shape index (κ1) is 15.2. The molecule has 1 atom stereocenters. The van der Waals surface area contributed by atoms with Crippen molar-refractivity contribution in [3.63, 3.8) is 0 Å². The summed E-state index contributed by atoms with van der Waals surface area (Å²) < 4.78 is 1.79. The molecular weight excluding hydrogens is 276 g/mol. The molecule has 0 spiro atoms. The average Bonchev–Trinajstić information content (AvgIpc) is 3.16. The smallest absolute Gasteiger partial charge is 0.200 e. The van der Waals surface area contributed by atoms with Crippen molar-refractivity contribution in [1.29, 1.82) is 0 Å². The minimum atomic E-state index is 0.629. The Labute approximate surface area is 132 Å². The van der Waals surface area contributed by atoms with Crippen molar-refractivity contribution in [2.24, 2.45) is 5.92 Å². The Hall–Kier alpha value is -1.69. The van der Waals surface area contributed by atoms with Gasteiger partial charge in [0.1, 0.15) is 6.33 Å². The van der Waals surface area contributed by atoms with Gasteiger partial charge in [0.2, 0.25) is 5.65 Å². The van der Waals surface area contributed by atoms with Crippen LogP contribution in [0.1, 0.15) is 32.4 Å². The lowest BCUT2D eigenvalue weighted by Crippen LogP contribution is -2.33. The maximum Gasteiger partial charge on any atom is 0.200 e. The highest BCUT2D eigenvalue weighted by atomic mass is 15.4. The van der Waals surface area contributed by atoms with Gasteiger partial charge in [0.15, 0.2) is 0 Å². The fourth-order valence-corrected chi connectivity index (χ4v) is 3.34. The van der Waals surface area contributed by atoms with Crippen molar-refractivity contribution < 1.29 is 0 Å². The van der Waals surface area contributed by atoms with Crippen molar-refractivity contribution in [1.82, 2.24) is 24.7 Å². The van der Waals surface area contributed by atoms with E-state index in [0.717, 1.165) is 30.0 Å². The van der Waals surface area contributed by atoms with E-state index in [1.54, 1.807) is 10.8 Å². The summed E-state index contributed by atoms with van der Waals surface area (Å²) in [5, 5.41) is 12.7. The number of nitrogens with zero attached hydrogens (tertiary/aromatic N) is 6. The topological polar surface area (TPSA) is 49.6 Å². The predicted octanol–water partition coefficient (Wildman–Crippen LogP) is 1.85. The molecule has 6 heteroatoms. The number of hydrogen-bond acceptors (Lipinski definition) is 5. The third-order valence-electron chi connectivity index (χ3n) is 4.43. The van der Waals surface area contributed by atoms with E-state index in [1.165, 1.54) is 32.5 Å². The third-order valence-corrected chi connectivity index (χ3v) is 4.43. The van der Waals surface area contributed by atoms with Crippen LogP contribution in [0.15, 0.2) is 12.4 Å². The van der Waals surface area contributed by atoms with Crippen LogP contribution in [0.3, 0.4) is 0 Å². The van der Waals surface area contributed by atoms with Crippen LogP contribution in [-0.2, 0) is 6.42 Å². The fourth-order valence-electron chi connectivity index (χ4n) is 3.34. The number of rotatable bonds is 6. The Kier molecular flexibility index (Phi) is 4.57. The molecule has 2 aromatic heterocycles. The van der Waals surface area contributed by atoms with Crippen molar-refractivity contribution in [3.05, 3.63) is 18.1 Å². The van der Waals surface area contributed by atoms with Crippen LogP contribution in [0, 0.1) is 5.92 Å². The summed E-state index contributed by atoms with van der Waals surface area (Å²) >= 11 is 0. The normalized spacial score (nSPS) is 17.2. The Balaban J connectivity index is 1.73. The Morgan fingerprint density at radius 2 is 2.09 bits per heavy atom. The summed E-state index contributed by atoms with van der Waals surface area (Å²) in [6.07, 6.45) is 5.30. The van der Waals surface area contributed by atoms with Crippen LogP contribution in [0.4, 0.5) is 5.69 Å². The predicted molar refractivity (Wildman–Crippen MR) is 88.3 cm³/mol. The van der Waals surface area contributed by atoms with E-state index in [-0.39, 0.29) is 0 Å². The van der Waals surface area contributed by atoms with E-state index >= 15 is 0 Å². The molecule has 0 aromatic carbocycles. The van der Waals surface area contributed by atoms with Crippen LogP contribution in [-0.4, -0.2) is 57.9 Å². The van der Waals surface area contributed by atoms with Crippen LogP contribution >= 0.6 is 0 Å². The molecule has 6 nitrogen and oxygen atoms in total. The van der Waals surface area contributed by atoms with Crippen molar-refractivity contribution in [2.45, 2.75) is 33.1 Å². The van der Waals surface area contributed by atoms with Gasteiger partial charge in [0, 0.05) is 20.1 Å². The molecule has 1 aliphatic rings. The molecule has 1 fully saturated rings. The van der Waals surface area contributed by atoms with Gasteiger partial charge in [0.25, 0.3) is 0 Å². The second kappa shape index (κ2) is 6.60. The number of aromatic nitrogens is 4. The highest BCUT2D eigenvalue weighted by molar-refractivity contribution is 5.67. The molecular formula is C16H26N6. The summed E-state index contributed by atoms with van der Waals surface area (Å²) in [7, 11) is 2.14. The SMILES string of the molecule is CCc1cc(N(C)CC(C)CN2CCCC2)c2nncn2n1. The second-order valence-electron chi connectivity index (χ2n) is 6.47. The van der Waals surface area contributed by atoms with Gasteiger partial charge in [-0.3, -0.25) is 0 Å². The van der Waals surface area contributed by atoms with Crippen LogP contribution in [0.5, 0.6) is 0 Å². The molecule has 1 aliphatic heterocycles. The summed E-state index contributed by atoms with van der Waals surface area (Å²) in [5.74, 6) is 0.629. The molecule has 22 heavy (non-hydrogen) atoms. The van der Waals surface area contributed by atoms with Gasteiger partial charge in [-0.05, 0) is 44.3 Å². The first-order valence-corrected chi connectivity index (χ1v) is 8.30. The molecule has 3 rings (SSSR count). The molecule has 0 aliphatic carbocycles. The zero-order valence-electron chi connectivity index (χ0n) is 13.9. The van der Waals surface area contributed by atoms with E-state index < -0.39 is 0 Å². The number of anilines is 1. The maximum absolute atomic E-state index is 4.52. The van der Waals surface area contributed by atoms with Gasteiger partial charge >= 0.3 is 0 Å². The summed E-state index contributed by atoms with van der Waals surface area (Å²) in [4.78, 5) is 4.88. The lowest BCUT2D eigenvalue weighted by atomic mass is 10.1. The van der Waals surface area contributed by atoms with E-state index in [4.69, 9.17) is 0 Å². The molecule has 0 saturated carbocycles. The Morgan fingerprint density at radius 1 is 1.32 bits per heavy atom. The molecule has 0 N–H and O–H groups in total. The molecule has 1 saturated heterocycles. The largest absolute Gasteiger partial charge is 0.371 e. The number of likely N-dealkylation sites (tertiary alicyclic amines) is 1. The van der Waals surface area contributed by atoms with Gasteiger partial charge < -0.3 is 9.80 Å². The molecule has 0 bridgehead atoms. The highest BCUT2D eigenvalue weighted by Crippen LogP contribution is 2.21. The lowest BCUT2D eigenvalue weighted by molar-refractivity contribution is 0.290. The molecule has 1 unspecified atom stereocenters. The van der Waals surface area contributed by atoms with Crippen LogP contribution in [0.2, 0.25) is 0 Å². The second-order valence-corrected chi connectivity index (χ2v) is 6.47. The number of hydrogen-bond donors (Lipinski definition) is 0. The molecule has 3 heterocycles. The number of fused-ring (bicyclic) bond motifs is 1. The fraction of sp³-hybridized carbons (Fsp3) is 0.688. The minimum Gasteiger partial charge on any atom is -0.371 e. The van der Waals surface area contributed by atoms with Gasteiger partial charge in [-0.1, -0.05) is 13.8 Å². The quantitative estimate of drug-likeness (QED) is 0.815. The van der Waals surface area contributed by atoms with Crippen molar-refractivity contribution in [2.75, 3.05) is 38.1 Å². The van der Waals surface area contributed by atoms with E-state index in [0.29, 0.717) is 5.92 Å². The van der Waals surface area contributed by atoms with Gasteiger partial charge in [-0.25, -0.2) is 0 Å². The van der Waals surface area contributed by atoms with Gasteiger partial charge in [-0.15, -0.1) is 10.2 Å². The Bertz CT molecular complexity index is 616. The van der Waals surface area contributed by atoms with Gasteiger partial charge in [-0.2, -0.15) is 9.61 Å². The van der Waals surface area contributed by atoms with E-state index in [9.17, 15) is 0 Å². The summed E-state index contributed by atoms with van der Waals surface area (Å²) in [6.45, 7) is 9.18. The van der Waals surface area contributed by atoms with Crippen LogP contribution in [0.25, 0.3) is 5.65 Å². The highest BCUT2D eigenvalue weighted by Gasteiger charge is 2.18. The summed E-state index contributed by atoms with van der Waals surface area (Å²) in [5.41, 5.74) is 3.03. The van der Waals surface area contributed by atoms with Crippen LogP contribution < -0.4 is 4.90 Å². The maximum atomic E-state index is 4.52. The molecule has 120 valence electrons. The first-order valence-electron chi connectivity index (χ1n) is 8.30. The van der Waals surface area contributed by atoms with E-state index in [1.807, 2.05) is 0 Å². The molecule has 0 amide bonds. The zero-order chi connectivity index (χ0) is 15.5. The molecule has 2 aromatic rings. The van der Waals surface area contributed by atoms with Crippen molar-refractivity contribution >= 4 is 11.3 Å². The standard InChI is InChI=1S/C16H26N6/c1-4-14-9-15(16-18-17-12-22(16)19-14)20(3)10-13(2)11-21-7-5-6-8-21/h9,12-13H,4-8,10-11H2,1-3H3. The summed E-state index contributed by atoms with van der Waals surface area (Å²) in [6, 6.07) is 2.15. The Morgan fingerprint density at radius 3 is 2.82 bits per heavy atom. The van der Waals surface area contributed by atoms with E-state index in [2.05, 4.69) is 52.1 Å². The first-order chi connectivity index (χ1) is 10.7. The minimum absolute atomic E-state index is 0.629. The average molecular weight is 302 g/mol. The number of aryl methyl sites for hydroxylation is 1. The lowest BCUT2D eigenvalue weighted by Gasteiger charge is -2.26. The zero-order valence-corrected chi connectivity index (χ0v) is 13.9. The monoisotopic (exact) mass is 302 g/mol. The van der Waals surface area contributed by atoms with Gasteiger partial charge in [0.05, 0.1) is 11.4 Å².